The molecule has 0 fully saturated rings. The van der Waals surface area contributed by atoms with Crippen LogP contribution in [0.1, 0.15) is 12.5 Å². The maximum absolute atomic E-state index is 12.4. The zero-order chi connectivity index (χ0) is 14.3. The molecule has 0 spiro atoms. The van der Waals surface area contributed by atoms with Gasteiger partial charge in [0.15, 0.2) is 11.5 Å². The molecule has 2 heterocycles. The molecular formula is C12H14FN5O2. The van der Waals surface area contributed by atoms with E-state index in [1.165, 1.54) is 12.7 Å². The van der Waals surface area contributed by atoms with E-state index in [9.17, 15) is 14.6 Å². The number of hydrogen-bond donors (Lipinski definition) is 3. The molecule has 7 nitrogen and oxygen atoms in total. The number of halogens is 1. The molecule has 20 heavy (non-hydrogen) atoms. The van der Waals surface area contributed by atoms with E-state index in [-0.39, 0.29) is 12.2 Å². The van der Waals surface area contributed by atoms with Gasteiger partial charge in [-0.15, -0.1) is 0 Å². The minimum absolute atomic E-state index is 0.0957. The Morgan fingerprint density at radius 3 is 2.85 bits per heavy atom. The Morgan fingerprint density at radius 2 is 2.10 bits per heavy atom. The van der Waals surface area contributed by atoms with Crippen LogP contribution < -0.4 is 5.73 Å². The van der Waals surface area contributed by atoms with Crippen molar-refractivity contribution in [2.75, 3.05) is 12.4 Å². The molecule has 4 N–H and O–H groups in total. The third kappa shape index (κ3) is 1.84. The van der Waals surface area contributed by atoms with Crippen LogP contribution in [0.5, 0.6) is 0 Å². The first-order valence-electron chi connectivity index (χ1n) is 6.19. The maximum Gasteiger partial charge on any atom is 0.166 e. The molecule has 0 aromatic carbocycles. The van der Waals surface area contributed by atoms with Gasteiger partial charge in [-0.25, -0.2) is 15.0 Å². The second-order valence-electron chi connectivity index (χ2n) is 4.69. The number of aromatic nitrogens is 4. The van der Waals surface area contributed by atoms with Gasteiger partial charge in [-0.2, -0.15) is 0 Å². The average molecular weight is 279 g/mol. The number of nitrogen functional groups attached to an aromatic ring is 1. The lowest BCUT2D eigenvalue weighted by molar-refractivity contribution is 0.0312. The molecule has 3 rings (SSSR count). The Morgan fingerprint density at radius 1 is 1.30 bits per heavy atom. The fraction of sp³-hybridized carbons (Fsp3) is 0.417. The summed E-state index contributed by atoms with van der Waals surface area (Å²) in [4.78, 5) is 12.0. The minimum atomic E-state index is -1.08. The van der Waals surface area contributed by atoms with E-state index in [1.54, 1.807) is 10.6 Å². The smallest absolute Gasteiger partial charge is 0.166 e. The molecule has 1 aliphatic rings. The van der Waals surface area contributed by atoms with E-state index >= 15 is 0 Å². The molecule has 8 heteroatoms. The number of hydrogen-bond acceptors (Lipinski definition) is 6. The van der Waals surface area contributed by atoms with E-state index in [1.807, 2.05) is 0 Å². The molecule has 0 saturated heterocycles. The lowest BCUT2D eigenvalue weighted by atomic mass is 10.1. The van der Waals surface area contributed by atoms with Crippen LogP contribution >= 0.6 is 0 Å². The molecule has 0 aliphatic heterocycles. The van der Waals surface area contributed by atoms with Crippen molar-refractivity contribution in [1.29, 1.82) is 0 Å². The molecule has 3 atom stereocenters. The normalized spacial score (nSPS) is 26.1. The topological polar surface area (TPSA) is 110 Å². The van der Waals surface area contributed by atoms with Crippen LogP contribution in [0.15, 0.2) is 24.3 Å². The van der Waals surface area contributed by atoms with Crippen molar-refractivity contribution in [2.45, 2.75) is 24.7 Å². The second-order valence-corrected chi connectivity index (χ2v) is 4.69. The standard InChI is InChI=1S/C12H14FN5O2/c13-2-1-6-3-7(10(20)9(6)19)18-5-17-8-11(14)15-4-16-12(8)18/h3-5,7,9-10,19-20H,1-2H2,(H2,14,15,16). The summed E-state index contributed by atoms with van der Waals surface area (Å²) >= 11 is 0. The third-order valence-corrected chi connectivity index (χ3v) is 3.53. The predicted octanol–water partition coefficient (Wildman–Crippen LogP) is -0.0290. The first kappa shape index (κ1) is 12.9. The zero-order valence-corrected chi connectivity index (χ0v) is 10.5. The van der Waals surface area contributed by atoms with Crippen LogP contribution in [0.4, 0.5) is 10.2 Å². The van der Waals surface area contributed by atoms with E-state index in [4.69, 9.17) is 5.73 Å². The Bertz CT molecular complexity index is 671. The molecule has 0 bridgehead atoms. The Balaban J connectivity index is 2.05. The summed E-state index contributed by atoms with van der Waals surface area (Å²) in [5.74, 6) is 0.245. The lowest BCUT2D eigenvalue weighted by Gasteiger charge is -2.18. The van der Waals surface area contributed by atoms with Gasteiger partial charge in [0.2, 0.25) is 0 Å². The minimum Gasteiger partial charge on any atom is -0.388 e. The van der Waals surface area contributed by atoms with Gasteiger partial charge in [-0.05, 0) is 12.0 Å². The zero-order valence-electron chi connectivity index (χ0n) is 10.5. The van der Waals surface area contributed by atoms with Crippen molar-refractivity contribution in [2.24, 2.45) is 0 Å². The monoisotopic (exact) mass is 279 g/mol. The fourth-order valence-electron chi connectivity index (χ4n) is 2.50. The molecule has 3 unspecified atom stereocenters. The average Bonchev–Trinajstić information content (AvgIpc) is 2.97. The van der Waals surface area contributed by atoms with Gasteiger partial charge < -0.3 is 20.5 Å². The first-order valence-corrected chi connectivity index (χ1v) is 6.19. The number of aliphatic hydroxyl groups excluding tert-OH is 2. The highest BCUT2D eigenvalue weighted by Gasteiger charge is 2.36. The second kappa shape index (κ2) is 4.80. The van der Waals surface area contributed by atoms with Crippen molar-refractivity contribution >= 4 is 17.0 Å². The lowest BCUT2D eigenvalue weighted by Crippen LogP contribution is -2.29. The SMILES string of the molecule is Nc1ncnc2c1ncn2C1C=C(CCF)C(O)C1O. The van der Waals surface area contributed by atoms with Gasteiger partial charge in [-0.3, -0.25) is 4.39 Å². The maximum atomic E-state index is 12.4. The molecule has 1 aliphatic carbocycles. The van der Waals surface area contributed by atoms with Gasteiger partial charge in [0, 0.05) is 0 Å². The molecule has 2 aromatic rings. The van der Waals surface area contributed by atoms with E-state index in [0.29, 0.717) is 16.7 Å². The predicted molar refractivity (Wildman–Crippen MR) is 69.5 cm³/mol. The number of alkyl halides is 1. The van der Waals surface area contributed by atoms with Crippen molar-refractivity contribution < 1.29 is 14.6 Å². The van der Waals surface area contributed by atoms with E-state index in [0.717, 1.165) is 0 Å². The summed E-state index contributed by atoms with van der Waals surface area (Å²) in [6.07, 6.45) is 2.38. The number of fused-ring (bicyclic) bond motifs is 1. The summed E-state index contributed by atoms with van der Waals surface area (Å²) < 4.78 is 14.0. The van der Waals surface area contributed by atoms with E-state index in [2.05, 4.69) is 15.0 Å². The van der Waals surface area contributed by atoms with Crippen molar-refractivity contribution in [3.8, 4) is 0 Å². The van der Waals surface area contributed by atoms with Crippen LogP contribution in [0.3, 0.4) is 0 Å². The Hall–Kier alpha value is -2.06. The van der Waals surface area contributed by atoms with Crippen molar-refractivity contribution in [1.82, 2.24) is 19.5 Å². The number of imidazole rings is 1. The van der Waals surface area contributed by atoms with Crippen LogP contribution in [-0.2, 0) is 0 Å². The van der Waals surface area contributed by atoms with Gasteiger partial charge >= 0.3 is 0 Å². The van der Waals surface area contributed by atoms with Crippen molar-refractivity contribution in [3.63, 3.8) is 0 Å². The highest BCUT2D eigenvalue weighted by Crippen LogP contribution is 2.33. The number of aliphatic hydroxyl groups is 2. The number of nitrogens with two attached hydrogens (primary N) is 1. The highest BCUT2D eigenvalue weighted by molar-refractivity contribution is 5.81. The van der Waals surface area contributed by atoms with Crippen LogP contribution in [0.25, 0.3) is 11.2 Å². The molecule has 0 saturated carbocycles. The van der Waals surface area contributed by atoms with Crippen LogP contribution in [0.2, 0.25) is 0 Å². The summed E-state index contributed by atoms with van der Waals surface area (Å²) in [5.41, 5.74) is 7.08. The van der Waals surface area contributed by atoms with Gasteiger partial charge in [-0.1, -0.05) is 6.08 Å². The summed E-state index contributed by atoms with van der Waals surface area (Å²) in [5, 5.41) is 20.0. The van der Waals surface area contributed by atoms with Crippen molar-refractivity contribution in [3.05, 3.63) is 24.3 Å². The Kier molecular flexibility index (Phi) is 3.11. The van der Waals surface area contributed by atoms with Crippen LogP contribution in [0, 0.1) is 0 Å². The molecule has 2 aromatic heterocycles. The van der Waals surface area contributed by atoms with Crippen LogP contribution in [-0.4, -0.2) is 48.6 Å². The van der Waals surface area contributed by atoms with Gasteiger partial charge in [0.1, 0.15) is 24.1 Å². The van der Waals surface area contributed by atoms with E-state index < -0.39 is 24.9 Å². The number of nitrogens with zero attached hydrogens (tertiary/aromatic N) is 4. The first-order chi connectivity index (χ1) is 9.63. The molecule has 0 radical (unpaired) electrons. The third-order valence-electron chi connectivity index (χ3n) is 3.53. The number of anilines is 1. The summed E-state index contributed by atoms with van der Waals surface area (Å²) in [6, 6.07) is -0.550. The quantitative estimate of drug-likeness (QED) is 0.681. The molecule has 106 valence electrons. The Labute approximate surface area is 113 Å². The largest absolute Gasteiger partial charge is 0.388 e. The summed E-state index contributed by atoms with van der Waals surface area (Å²) in [7, 11) is 0. The highest BCUT2D eigenvalue weighted by atomic mass is 19.1. The molecule has 0 amide bonds. The summed E-state index contributed by atoms with van der Waals surface area (Å²) in [6.45, 7) is -0.581. The van der Waals surface area contributed by atoms with Gasteiger partial charge in [0.05, 0.1) is 19.0 Å². The molecular weight excluding hydrogens is 265 g/mol. The number of rotatable bonds is 3. The van der Waals surface area contributed by atoms with Gasteiger partial charge in [0.25, 0.3) is 0 Å². The fourth-order valence-corrected chi connectivity index (χ4v) is 2.50.